The maximum atomic E-state index is 14.3. The Hall–Kier alpha value is -2.63. The first-order valence-electron chi connectivity index (χ1n) is 8.10. The van der Waals surface area contributed by atoms with E-state index in [4.69, 9.17) is 4.74 Å². The fraction of sp³-hybridized carbons (Fsp3) is 0.316. The molecule has 2 aromatic rings. The van der Waals surface area contributed by atoms with Crippen LogP contribution in [-0.2, 0) is 4.79 Å². The topological polar surface area (TPSA) is 52.1 Å². The van der Waals surface area contributed by atoms with E-state index in [1.807, 2.05) is 13.0 Å². The van der Waals surface area contributed by atoms with Crippen LogP contribution in [0.5, 0.6) is 5.75 Å². The molecule has 1 heterocycles. The SMILES string of the molecule is CC1=CCC(C(=O)Oc2ccc(-c3ncc(C)cn3)c(F)c2F)CC1. The molecule has 1 aromatic carbocycles. The van der Waals surface area contributed by atoms with E-state index in [1.165, 1.54) is 30.1 Å². The third-order valence-electron chi connectivity index (χ3n) is 4.25. The quantitative estimate of drug-likeness (QED) is 0.471. The van der Waals surface area contributed by atoms with Crippen molar-refractivity contribution in [1.82, 2.24) is 9.97 Å². The molecule has 0 radical (unpaired) electrons. The Balaban J connectivity index is 1.80. The second-order valence-electron chi connectivity index (χ2n) is 6.27. The first-order valence-corrected chi connectivity index (χ1v) is 8.10. The largest absolute Gasteiger partial charge is 0.423 e. The van der Waals surface area contributed by atoms with E-state index in [9.17, 15) is 13.6 Å². The molecule has 1 aromatic heterocycles. The third-order valence-corrected chi connectivity index (χ3v) is 4.25. The Morgan fingerprint density at radius 2 is 1.88 bits per heavy atom. The molecular formula is C19H18F2N2O2. The fourth-order valence-electron chi connectivity index (χ4n) is 2.69. The molecule has 1 aliphatic carbocycles. The van der Waals surface area contributed by atoms with E-state index in [1.54, 1.807) is 6.92 Å². The van der Waals surface area contributed by atoms with E-state index in [-0.39, 0.29) is 17.3 Å². The summed E-state index contributed by atoms with van der Waals surface area (Å²) in [6, 6.07) is 2.55. The predicted octanol–water partition coefficient (Wildman–Crippen LogP) is 4.38. The fourth-order valence-corrected chi connectivity index (χ4v) is 2.69. The van der Waals surface area contributed by atoms with E-state index >= 15 is 0 Å². The number of rotatable bonds is 3. The Morgan fingerprint density at radius 3 is 2.52 bits per heavy atom. The van der Waals surface area contributed by atoms with Crippen LogP contribution in [0.15, 0.2) is 36.2 Å². The predicted molar refractivity (Wildman–Crippen MR) is 88.9 cm³/mol. The molecule has 0 saturated heterocycles. The standard InChI is InChI=1S/C19H18F2N2O2/c1-11-3-5-13(6-4-11)19(24)25-15-8-7-14(16(20)17(15)21)18-22-9-12(2)10-23-18/h3,7-10,13H,4-6H2,1-2H3. The summed E-state index contributed by atoms with van der Waals surface area (Å²) in [6.07, 6.45) is 7.04. The molecule has 1 unspecified atom stereocenters. The maximum absolute atomic E-state index is 14.3. The van der Waals surface area contributed by atoms with E-state index in [0.29, 0.717) is 12.8 Å². The number of carbonyl (C=O) groups excluding carboxylic acids is 1. The number of benzene rings is 1. The van der Waals surface area contributed by atoms with Crippen LogP contribution < -0.4 is 4.74 Å². The number of halogens is 2. The highest BCUT2D eigenvalue weighted by Crippen LogP contribution is 2.30. The Morgan fingerprint density at radius 1 is 1.16 bits per heavy atom. The van der Waals surface area contributed by atoms with E-state index in [2.05, 4.69) is 9.97 Å². The molecule has 0 aliphatic heterocycles. The van der Waals surface area contributed by atoms with E-state index < -0.39 is 23.4 Å². The van der Waals surface area contributed by atoms with Gasteiger partial charge in [0.15, 0.2) is 17.4 Å². The molecule has 1 aliphatic rings. The van der Waals surface area contributed by atoms with Crippen molar-refractivity contribution in [3.05, 3.63) is 53.4 Å². The van der Waals surface area contributed by atoms with Crippen LogP contribution in [-0.4, -0.2) is 15.9 Å². The van der Waals surface area contributed by atoms with Crippen molar-refractivity contribution < 1.29 is 18.3 Å². The summed E-state index contributed by atoms with van der Waals surface area (Å²) in [7, 11) is 0. The van der Waals surface area contributed by atoms with Gasteiger partial charge in [0, 0.05) is 12.4 Å². The lowest BCUT2D eigenvalue weighted by atomic mass is 9.90. The summed E-state index contributed by atoms with van der Waals surface area (Å²) in [5.74, 6) is -3.55. The van der Waals surface area contributed by atoms with Crippen molar-refractivity contribution in [2.45, 2.75) is 33.1 Å². The smallest absolute Gasteiger partial charge is 0.314 e. The zero-order valence-electron chi connectivity index (χ0n) is 14.1. The molecular weight excluding hydrogens is 326 g/mol. The molecule has 0 N–H and O–H groups in total. The van der Waals surface area contributed by atoms with Gasteiger partial charge in [-0.2, -0.15) is 4.39 Å². The summed E-state index contributed by atoms with van der Waals surface area (Å²) >= 11 is 0. The van der Waals surface area contributed by atoms with Crippen molar-refractivity contribution in [3.63, 3.8) is 0 Å². The number of hydrogen-bond donors (Lipinski definition) is 0. The lowest BCUT2D eigenvalue weighted by molar-refractivity contribution is -0.139. The van der Waals surface area contributed by atoms with Gasteiger partial charge in [-0.3, -0.25) is 4.79 Å². The molecule has 0 spiro atoms. The number of esters is 1. The molecule has 1 atom stereocenters. The zero-order valence-corrected chi connectivity index (χ0v) is 14.1. The number of allylic oxidation sites excluding steroid dienone is 2. The first-order chi connectivity index (χ1) is 12.0. The van der Waals surface area contributed by atoms with Crippen molar-refractivity contribution in [3.8, 4) is 17.1 Å². The minimum atomic E-state index is -1.21. The average Bonchev–Trinajstić information content (AvgIpc) is 2.61. The molecule has 25 heavy (non-hydrogen) atoms. The van der Waals surface area contributed by atoms with E-state index in [0.717, 1.165) is 12.0 Å². The number of nitrogens with zero attached hydrogens (tertiary/aromatic N) is 2. The van der Waals surface area contributed by atoms with Crippen LogP contribution in [0.4, 0.5) is 8.78 Å². The minimum absolute atomic E-state index is 0.0754. The molecule has 3 rings (SSSR count). The second kappa shape index (κ2) is 7.09. The zero-order chi connectivity index (χ0) is 18.0. The molecule has 0 fully saturated rings. The van der Waals surface area contributed by atoms with Crippen LogP contribution in [0.1, 0.15) is 31.7 Å². The number of aromatic nitrogens is 2. The lowest BCUT2D eigenvalue weighted by Crippen LogP contribution is -2.22. The number of ether oxygens (including phenoxy) is 1. The second-order valence-corrected chi connectivity index (χ2v) is 6.27. The number of aryl methyl sites for hydroxylation is 1. The van der Waals surface area contributed by atoms with Gasteiger partial charge in [-0.25, -0.2) is 14.4 Å². The average molecular weight is 344 g/mol. The summed E-state index contributed by atoms with van der Waals surface area (Å²) in [4.78, 5) is 20.1. The lowest BCUT2D eigenvalue weighted by Gasteiger charge is -2.19. The normalized spacial score (nSPS) is 17.1. The van der Waals surface area contributed by atoms with Crippen molar-refractivity contribution in [2.75, 3.05) is 0 Å². The Bertz CT molecular complexity index is 832. The van der Waals surface area contributed by atoms with Crippen LogP contribution in [0.3, 0.4) is 0 Å². The molecule has 0 bridgehead atoms. The Labute approximate surface area is 144 Å². The highest BCUT2D eigenvalue weighted by molar-refractivity contribution is 5.76. The summed E-state index contributed by atoms with van der Waals surface area (Å²) < 4.78 is 33.7. The highest BCUT2D eigenvalue weighted by atomic mass is 19.2. The van der Waals surface area contributed by atoms with Crippen molar-refractivity contribution in [2.24, 2.45) is 5.92 Å². The Kier molecular flexibility index (Phi) is 4.88. The van der Waals surface area contributed by atoms with Crippen LogP contribution in [0.2, 0.25) is 0 Å². The van der Waals surface area contributed by atoms with Gasteiger partial charge in [-0.05, 0) is 50.8 Å². The summed E-state index contributed by atoms with van der Waals surface area (Å²) in [5, 5.41) is 0. The summed E-state index contributed by atoms with van der Waals surface area (Å²) in [5.41, 5.74) is 1.96. The van der Waals surface area contributed by atoms with Gasteiger partial charge in [-0.15, -0.1) is 0 Å². The van der Waals surface area contributed by atoms with Gasteiger partial charge in [0.25, 0.3) is 0 Å². The van der Waals surface area contributed by atoms with Gasteiger partial charge < -0.3 is 4.74 Å². The first kappa shape index (κ1) is 17.2. The van der Waals surface area contributed by atoms with Crippen LogP contribution in [0, 0.1) is 24.5 Å². The molecule has 0 amide bonds. The molecule has 0 saturated carbocycles. The monoisotopic (exact) mass is 344 g/mol. The molecule has 4 nitrogen and oxygen atoms in total. The van der Waals surface area contributed by atoms with Crippen molar-refractivity contribution in [1.29, 1.82) is 0 Å². The number of hydrogen-bond acceptors (Lipinski definition) is 4. The third kappa shape index (κ3) is 3.73. The van der Waals surface area contributed by atoms with Crippen LogP contribution in [0.25, 0.3) is 11.4 Å². The summed E-state index contributed by atoms with van der Waals surface area (Å²) in [6.45, 7) is 3.80. The minimum Gasteiger partial charge on any atom is -0.423 e. The molecule has 6 heteroatoms. The van der Waals surface area contributed by atoms with Gasteiger partial charge >= 0.3 is 5.97 Å². The van der Waals surface area contributed by atoms with Crippen molar-refractivity contribution >= 4 is 5.97 Å². The van der Waals surface area contributed by atoms with Gasteiger partial charge in [0.05, 0.1) is 11.5 Å². The molecule has 130 valence electrons. The maximum Gasteiger partial charge on any atom is 0.314 e. The number of carbonyl (C=O) groups is 1. The highest BCUT2D eigenvalue weighted by Gasteiger charge is 2.25. The van der Waals surface area contributed by atoms with Crippen LogP contribution >= 0.6 is 0 Å². The van der Waals surface area contributed by atoms with Gasteiger partial charge in [-0.1, -0.05) is 11.6 Å². The van der Waals surface area contributed by atoms with Gasteiger partial charge in [0.1, 0.15) is 0 Å². The van der Waals surface area contributed by atoms with Gasteiger partial charge in [0.2, 0.25) is 5.82 Å².